The Morgan fingerprint density at radius 1 is 1.32 bits per heavy atom. The first-order chi connectivity index (χ1) is 8.86. The van der Waals surface area contributed by atoms with Crippen LogP contribution in [0.2, 0.25) is 0 Å². The predicted molar refractivity (Wildman–Crippen MR) is 76.4 cm³/mol. The van der Waals surface area contributed by atoms with Crippen LogP contribution < -0.4 is 5.73 Å². The van der Waals surface area contributed by atoms with Crippen molar-refractivity contribution in [2.45, 2.75) is 33.4 Å². The molecule has 1 aromatic carbocycles. The van der Waals surface area contributed by atoms with Gasteiger partial charge in [0, 0.05) is 13.1 Å². The van der Waals surface area contributed by atoms with Gasteiger partial charge in [0.2, 0.25) is 5.91 Å². The van der Waals surface area contributed by atoms with Crippen LogP contribution in [0.25, 0.3) is 0 Å². The predicted octanol–water partition coefficient (Wildman–Crippen LogP) is 1.38. The number of nitrogens with two attached hydrogens (primary N) is 1. The highest BCUT2D eigenvalue weighted by molar-refractivity contribution is 5.82. The average molecular weight is 264 g/mol. The lowest BCUT2D eigenvalue weighted by Crippen LogP contribution is -2.50. The lowest BCUT2D eigenvalue weighted by atomic mass is 9.86. The molecule has 0 radical (unpaired) electrons. The molecule has 0 saturated heterocycles. The Morgan fingerprint density at radius 2 is 1.89 bits per heavy atom. The number of benzene rings is 1. The van der Waals surface area contributed by atoms with Gasteiger partial charge in [0.1, 0.15) is 0 Å². The summed E-state index contributed by atoms with van der Waals surface area (Å²) in [4.78, 5) is 14.0. The summed E-state index contributed by atoms with van der Waals surface area (Å²) < 4.78 is 0. The highest BCUT2D eigenvalue weighted by Gasteiger charge is 2.30. The second kappa shape index (κ2) is 6.68. The molecule has 0 aromatic heterocycles. The second-order valence-corrected chi connectivity index (χ2v) is 5.81. The van der Waals surface area contributed by atoms with E-state index in [-0.39, 0.29) is 17.9 Å². The molecule has 0 spiro atoms. The lowest BCUT2D eigenvalue weighted by molar-refractivity contribution is -0.136. The van der Waals surface area contributed by atoms with Gasteiger partial charge in [-0.15, -0.1) is 0 Å². The van der Waals surface area contributed by atoms with Gasteiger partial charge in [-0.2, -0.15) is 0 Å². The van der Waals surface area contributed by atoms with Crippen LogP contribution in [0.15, 0.2) is 30.3 Å². The maximum Gasteiger partial charge on any atom is 0.240 e. The zero-order valence-corrected chi connectivity index (χ0v) is 12.0. The Balaban J connectivity index is 2.80. The molecule has 19 heavy (non-hydrogen) atoms. The van der Waals surface area contributed by atoms with E-state index in [1.165, 1.54) is 0 Å². The van der Waals surface area contributed by atoms with Gasteiger partial charge in [-0.3, -0.25) is 4.79 Å². The first kappa shape index (κ1) is 15.7. The minimum absolute atomic E-state index is 0.0601. The number of hydrogen-bond acceptors (Lipinski definition) is 3. The van der Waals surface area contributed by atoms with Crippen molar-refractivity contribution in [2.24, 2.45) is 11.1 Å². The maximum absolute atomic E-state index is 12.4. The number of amides is 1. The van der Waals surface area contributed by atoms with Crippen molar-refractivity contribution in [1.29, 1.82) is 0 Å². The Kier molecular flexibility index (Phi) is 5.51. The first-order valence-corrected chi connectivity index (χ1v) is 6.55. The summed E-state index contributed by atoms with van der Waals surface area (Å²) in [6, 6.07) is 9.15. The average Bonchev–Trinajstić information content (AvgIpc) is 2.36. The van der Waals surface area contributed by atoms with Crippen molar-refractivity contribution in [3.8, 4) is 0 Å². The van der Waals surface area contributed by atoms with Crippen LogP contribution in [0.4, 0.5) is 0 Å². The number of hydrogen-bond donors (Lipinski definition) is 2. The quantitative estimate of drug-likeness (QED) is 0.844. The molecule has 1 aromatic rings. The van der Waals surface area contributed by atoms with E-state index in [0.717, 1.165) is 5.56 Å². The first-order valence-electron chi connectivity index (χ1n) is 6.55. The van der Waals surface area contributed by atoms with Gasteiger partial charge in [0.15, 0.2) is 0 Å². The molecule has 1 rings (SSSR count). The summed E-state index contributed by atoms with van der Waals surface area (Å²) in [5.41, 5.74) is 6.75. The number of carbonyl (C=O) groups is 1. The molecule has 0 aliphatic heterocycles. The Labute approximate surface area is 115 Å². The van der Waals surface area contributed by atoms with Crippen LogP contribution in [0, 0.1) is 5.41 Å². The van der Waals surface area contributed by atoms with Crippen LogP contribution in [0.5, 0.6) is 0 Å². The number of nitrogens with zero attached hydrogens (tertiary/aromatic N) is 1. The van der Waals surface area contributed by atoms with E-state index in [4.69, 9.17) is 10.8 Å². The van der Waals surface area contributed by atoms with Crippen molar-refractivity contribution < 1.29 is 9.90 Å². The van der Waals surface area contributed by atoms with Crippen LogP contribution >= 0.6 is 0 Å². The molecule has 0 unspecified atom stereocenters. The minimum atomic E-state index is -0.567. The molecule has 0 aliphatic carbocycles. The normalized spacial score (nSPS) is 13.1. The third-order valence-corrected chi connectivity index (χ3v) is 3.10. The summed E-state index contributed by atoms with van der Waals surface area (Å²) in [5.74, 6) is -0.120. The van der Waals surface area contributed by atoms with Gasteiger partial charge < -0.3 is 15.7 Å². The highest BCUT2D eigenvalue weighted by atomic mass is 16.3. The van der Waals surface area contributed by atoms with Crippen molar-refractivity contribution in [3.05, 3.63) is 35.9 Å². The van der Waals surface area contributed by atoms with Crippen LogP contribution in [-0.4, -0.2) is 35.1 Å². The van der Waals surface area contributed by atoms with Gasteiger partial charge in [-0.25, -0.2) is 0 Å². The number of aliphatic hydroxyl groups excluding tert-OH is 1. The lowest BCUT2D eigenvalue weighted by Gasteiger charge is -2.31. The molecule has 106 valence electrons. The molecule has 4 nitrogen and oxygen atoms in total. The third-order valence-electron chi connectivity index (χ3n) is 3.10. The molecule has 1 atom stereocenters. The maximum atomic E-state index is 12.4. The molecule has 3 N–H and O–H groups in total. The van der Waals surface area contributed by atoms with Crippen molar-refractivity contribution >= 4 is 5.91 Å². The molecule has 0 fully saturated rings. The molecule has 0 saturated carbocycles. The van der Waals surface area contributed by atoms with E-state index in [9.17, 15) is 4.79 Å². The fourth-order valence-electron chi connectivity index (χ4n) is 1.76. The van der Waals surface area contributed by atoms with E-state index in [1.54, 1.807) is 4.90 Å². The second-order valence-electron chi connectivity index (χ2n) is 5.81. The SMILES string of the molecule is CC(C)(C)[C@@H](N)C(=O)N(CCO)Cc1ccccc1. The monoisotopic (exact) mass is 264 g/mol. The molecule has 0 heterocycles. The summed E-state index contributed by atoms with van der Waals surface area (Å²) >= 11 is 0. The fraction of sp³-hybridized carbons (Fsp3) is 0.533. The number of carbonyl (C=O) groups excluding carboxylic acids is 1. The van der Waals surface area contributed by atoms with Gasteiger partial charge in [-0.1, -0.05) is 51.1 Å². The van der Waals surface area contributed by atoms with E-state index < -0.39 is 6.04 Å². The third kappa shape index (κ3) is 4.65. The number of rotatable bonds is 5. The van der Waals surface area contributed by atoms with Gasteiger partial charge in [0.05, 0.1) is 12.6 Å². The Hall–Kier alpha value is -1.39. The Bertz CT molecular complexity index is 398. The summed E-state index contributed by atoms with van der Waals surface area (Å²) in [7, 11) is 0. The zero-order valence-electron chi connectivity index (χ0n) is 12.0. The molecular formula is C15H24N2O2. The van der Waals surface area contributed by atoms with Gasteiger partial charge in [-0.05, 0) is 11.0 Å². The van der Waals surface area contributed by atoms with Crippen molar-refractivity contribution in [3.63, 3.8) is 0 Å². The molecule has 4 heteroatoms. The zero-order chi connectivity index (χ0) is 14.5. The molecule has 0 bridgehead atoms. The van der Waals surface area contributed by atoms with E-state index >= 15 is 0 Å². The van der Waals surface area contributed by atoms with E-state index in [2.05, 4.69) is 0 Å². The topological polar surface area (TPSA) is 66.6 Å². The van der Waals surface area contributed by atoms with Crippen LogP contribution in [-0.2, 0) is 11.3 Å². The smallest absolute Gasteiger partial charge is 0.240 e. The molecular weight excluding hydrogens is 240 g/mol. The Morgan fingerprint density at radius 3 is 2.37 bits per heavy atom. The molecule has 1 amide bonds. The summed E-state index contributed by atoms with van der Waals surface area (Å²) in [6.45, 7) is 6.54. The van der Waals surface area contributed by atoms with Gasteiger partial charge >= 0.3 is 0 Å². The molecule has 0 aliphatic rings. The van der Waals surface area contributed by atoms with Gasteiger partial charge in [0.25, 0.3) is 0 Å². The summed E-state index contributed by atoms with van der Waals surface area (Å²) in [5, 5.41) is 9.11. The fourth-order valence-corrected chi connectivity index (χ4v) is 1.76. The number of aliphatic hydroxyl groups is 1. The minimum Gasteiger partial charge on any atom is -0.395 e. The van der Waals surface area contributed by atoms with Crippen LogP contribution in [0.3, 0.4) is 0 Å². The summed E-state index contributed by atoms with van der Waals surface area (Å²) in [6.07, 6.45) is 0. The van der Waals surface area contributed by atoms with E-state index in [0.29, 0.717) is 13.1 Å². The highest BCUT2D eigenvalue weighted by Crippen LogP contribution is 2.19. The standard InChI is InChI=1S/C15H24N2O2/c1-15(2,3)13(16)14(19)17(9-10-18)11-12-7-5-4-6-8-12/h4-8,13,18H,9-11,16H2,1-3H3/t13-/m0/s1. The largest absolute Gasteiger partial charge is 0.395 e. The van der Waals surface area contributed by atoms with Crippen molar-refractivity contribution in [2.75, 3.05) is 13.2 Å². The van der Waals surface area contributed by atoms with Crippen LogP contribution in [0.1, 0.15) is 26.3 Å². The van der Waals surface area contributed by atoms with E-state index in [1.807, 2.05) is 51.1 Å². The van der Waals surface area contributed by atoms with Crippen molar-refractivity contribution in [1.82, 2.24) is 4.90 Å².